The van der Waals surface area contributed by atoms with Crippen LogP contribution in [0.25, 0.3) is 38.8 Å². The van der Waals surface area contributed by atoms with Gasteiger partial charge in [0.15, 0.2) is 0 Å². The Kier molecular flexibility index (Phi) is 5.02. The zero-order valence-electron chi connectivity index (χ0n) is 23.8. The number of nitrogens with zero attached hydrogens (tertiary/aromatic N) is 2. The predicted molar refractivity (Wildman–Crippen MR) is 157 cm³/mol. The smallest absolute Gasteiger partial charge is 0.137 e. The Bertz CT molecular complexity index is 1910. The monoisotopic (exact) mass is 549 g/mol. The number of benzene rings is 4. The number of hydrogen-bond acceptors (Lipinski definition) is 2. The molecule has 0 aliphatic rings. The average Bonchev–Trinajstić information content (AvgIpc) is 3.23. The number of fused-ring (bicyclic) bond motifs is 3. The van der Waals surface area contributed by atoms with E-state index in [0.717, 1.165) is 37.4 Å². The molecule has 4 aromatic carbocycles. The third-order valence-electron chi connectivity index (χ3n) is 6.42. The second-order valence-corrected chi connectivity index (χ2v) is 11.0. The topological polar surface area (TPSA) is 27.1 Å². The van der Waals surface area contributed by atoms with Gasteiger partial charge < -0.3 is 4.74 Å². The highest BCUT2D eigenvalue weighted by Gasteiger charge is 2.18. The van der Waals surface area contributed by atoms with Gasteiger partial charge >= 0.3 is 0 Å². The largest absolute Gasteiger partial charge is 0.457 e. The summed E-state index contributed by atoms with van der Waals surface area (Å²) in [6.45, 7) is 5.89. The minimum atomic E-state index is -0.504. The second-order valence-electron chi connectivity index (χ2n) is 10.1. The lowest BCUT2D eigenvalue weighted by Gasteiger charge is -2.20. The van der Waals surface area contributed by atoms with Crippen LogP contribution in [-0.2, 0) is 5.41 Å². The van der Waals surface area contributed by atoms with E-state index in [9.17, 15) is 1.37 Å². The quantitative estimate of drug-likeness (QED) is 0.219. The maximum absolute atomic E-state index is 9.18. The molecule has 0 bridgehead atoms. The third kappa shape index (κ3) is 4.54. The zero-order valence-corrected chi connectivity index (χ0v) is 22.4. The molecule has 2 aromatic heterocycles. The molecule has 37 heavy (non-hydrogen) atoms. The van der Waals surface area contributed by atoms with Gasteiger partial charge in [-0.3, -0.25) is 4.57 Å². The Morgan fingerprint density at radius 3 is 2.38 bits per heavy atom. The van der Waals surface area contributed by atoms with Gasteiger partial charge in [-0.15, -0.1) is 0 Å². The molecule has 0 atom stereocenters. The summed E-state index contributed by atoms with van der Waals surface area (Å²) in [5.74, 6) is 1.67. The van der Waals surface area contributed by atoms with Crippen molar-refractivity contribution in [3.05, 3.63) is 119 Å². The van der Waals surface area contributed by atoms with Crippen molar-refractivity contribution in [1.82, 2.24) is 9.55 Å². The highest BCUT2D eigenvalue weighted by Crippen LogP contribution is 2.37. The molecule has 0 N–H and O–H groups in total. The van der Waals surface area contributed by atoms with Crippen LogP contribution < -0.4 is 4.74 Å². The molecule has 0 amide bonds. The van der Waals surface area contributed by atoms with E-state index in [1.807, 2.05) is 92.1 Å². The van der Waals surface area contributed by atoms with Gasteiger partial charge in [0, 0.05) is 27.5 Å². The van der Waals surface area contributed by atoms with E-state index in [1.54, 1.807) is 0 Å². The van der Waals surface area contributed by atoms with Crippen LogP contribution in [0.1, 0.15) is 30.4 Å². The van der Waals surface area contributed by atoms with Crippen LogP contribution in [0.3, 0.4) is 0 Å². The first-order valence-corrected chi connectivity index (χ1v) is 13.0. The SMILES string of the molecule is [2H]c1nc(-n2c3ccc(-c4ccccc4)cc3c3ccc(Oc4cccc(Br)c4)cc32)c([2H])c(C(C)(C)C)c1[2H]. The first-order valence-electron chi connectivity index (χ1n) is 13.7. The Labute approximate surface area is 229 Å². The molecule has 0 aliphatic heterocycles. The Balaban J connectivity index is 1.65. The molecule has 6 aromatic rings. The molecule has 6 rings (SSSR count). The molecular weight excluding hydrogens is 520 g/mol. The maximum Gasteiger partial charge on any atom is 0.137 e. The fourth-order valence-corrected chi connectivity index (χ4v) is 4.94. The highest BCUT2D eigenvalue weighted by molar-refractivity contribution is 9.10. The summed E-state index contributed by atoms with van der Waals surface area (Å²) in [4.78, 5) is 4.50. The molecular formula is C33H27BrN2O. The van der Waals surface area contributed by atoms with Crippen LogP contribution in [0.15, 0.2) is 114 Å². The zero-order chi connectivity index (χ0) is 28.2. The molecule has 0 saturated heterocycles. The van der Waals surface area contributed by atoms with Crippen LogP contribution in [-0.4, -0.2) is 9.55 Å². The summed E-state index contributed by atoms with van der Waals surface area (Å²) < 4.78 is 35.3. The van der Waals surface area contributed by atoms with Crippen molar-refractivity contribution >= 4 is 37.7 Å². The fourth-order valence-electron chi connectivity index (χ4n) is 4.56. The maximum atomic E-state index is 9.18. The number of hydrogen-bond donors (Lipinski definition) is 0. The van der Waals surface area contributed by atoms with Crippen molar-refractivity contribution < 1.29 is 8.85 Å². The Hall–Kier alpha value is -3.89. The van der Waals surface area contributed by atoms with E-state index in [4.69, 9.17) is 7.48 Å². The number of ether oxygens (including phenoxy) is 1. The van der Waals surface area contributed by atoms with E-state index < -0.39 is 5.41 Å². The molecule has 3 nitrogen and oxygen atoms in total. The van der Waals surface area contributed by atoms with Crippen LogP contribution >= 0.6 is 15.9 Å². The van der Waals surface area contributed by atoms with Crippen molar-refractivity contribution in [2.45, 2.75) is 26.2 Å². The van der Waals surface area contributed by atoms with Crippen molar-refractivity contribution in [2.75, 3.05) is 0 Å². The Morgan fingerprint density at radius 2 is 1.59 bits per heavy atom. The number of pyridine rings is 1. The summed E-state index contributed by atoms with van der Waals surface area (Å²) in [6, 6.07) is 30.2. The summed E-state index contributed by atoms with van der Waals surface area (Å²) in [6.07, 6.45) is -0.145. The van der Waals surface area contributed by atoms with Crippen molar-refractivity contribution in [3.8, 4) is 28.4 Å². The van der Waals surface area contributed by atoms with E-state index in [-0.39, 0.29) is 18.3 Å². The number of rotatable bonds is 4. The minimum Gasteiger partial charge on any atom is -0.457 e. The van der Waals surface area contributed by atoms with E-state index in [0.29, 0.717) is 22.9 Å². The lowest BCUT2D eigenvalue weighted by Crippen LogP contribution is -2.12. The molecule has 0 spiro atoms. The standard InChI is InChI=1S/C33H27BrN2O/c1-33(2,3)24-16-17-35-32(19-24)36-30-15-12-23(22-8-5-4-6-9-22)18-29(30)28-14-13-27(21-31(28)36)37-26-11-7-10-25(34)20-26/h4-21H,1-3H3/i16D,17D,19D. The van der Waals surface area contributed by atoms with Gasteiger partial charge in [0.05, 0.1) is 15.1 Å². The van der Waals surface area contributed by atoms with Gasteiger partial charge in [0.25, 0.3) is 0 Å². The van der Waals surface area contributed by atoms with Crippen molar-refractivity contribution in [1.29, 1.82) is 0 Å². The van der Waals surface area contributed by atoms with Crippen LogP contribution in [0.4, 0.5) is 0 Å². The molecule has 4 heteroatoms. The summed E-state index contributed by atoms with van der Waals surface area (Å²) in [7, 11) is 0. The molecule has 0 unspecified atom stereocenters. The first-order chi connectivity index (χ1) is 19.1. The number of halogens is 1. The van der Waals surface area contributed by atoms with Crippen LogP contribution in [0.2, 0.25) is 0 Å². The third-order valence-corrected chi connectivity index (χ3v) is 6.91. The van der Waals surface area contributed by atoms with Crippen molar-refractivity contribution in [3.63, 3.8) is 0 Å². The van der Waals surface area contributed by atoms with Gasteiger partial charge in [-0.05, 0) is 76.7 Å². The van der Waals surface area contributed by atoms with Crippen LogP contribution in [0.5, 0.6) is 11.5 Å². The molecule has 0 radical (unpaired) electrons. The van der Waals surface area contributed by atoms with Crippen LogP contribution in [0, 0.1) is 0 Å². The van der Waals surface area contributed by atoms with Gasteiger partial charge in [-0.1, -0.05) is 79.2 Å². The second kappa shape index (κ2) is 9.20. The Morgan fingerprint density at radius 1 is 0.784 bits per heavy atom. The van der Waals surface area contributed by atoms with Gasteiger partial charge in [-0.2, -0.15) is 0 Å². The first kappa shape index (κ1) is 20.2. The lowest BCUT2D eigenvalue weighted by atomic mass is 9.88. The predicted octanol–water partition coefficient (Wildman–Crippen LogP) is 9.70. The van der Waals surface area contributed by atoms with E-state index in [2.05, 4.69) is 45.2 Å². The van der Waals surface area contributed by atoms with E-state index >= 15 is 0 Å². The fraction of sp³-hybridized carbons (Fsp3) is 0.121. The van der Waals surface area contributed by atoms with Gasteiger partial charge in [-0.25, -0.2) is 4.98 Å². The highest BCUT2D eigenvalue weighted by atomic mass is 79.9. The molecule has 0 aliphatic carbocycles. The minimum absolute atomic E-state index is 0.00735. The molecule has 182 valence electrons. The van der Waals surface area contributed by atoms with Crippen molar-refractivity contribution in [2.24, 2.45) is 0 Å². The average molecular weight is 551 g/mol. The number of aromatic nitrogens is 2. The summed E-state index contributed by atoms with van der Waals surface area (Å²) in [5.41, 5.74) is 3.87. The molecule has 0 saturated carbocycles. The van der Waals surface area contributed by atoms with Gasteiger partial charge in [0.2, 0.25) is 0 Å². The lowest BCUT2D eigenvalue weighted by molar-refractivity contribution is 0.483. The van der Waals surface area contributed by atoms with E-state index in [1.165, 1.54) is 0 Å². The molecule has 2 heterocycles. The normalized spacial score (nSPS) is 12.9. The summed E-state index contributed by atoms with van der Waals surface area (Å²) >= 11 is 3.50. The summed E-state index contributed by atoms with van der Waals surface area (Å²) in [5, 5.41) is 1.99. The molecule has 0 fully saturated rings. The van der Waals surface area contributed by atoms with Gasteiger partial charge in [0.1, 0.15) is 17.3 Å².